The number of carbonyl (C=O) groups is 1. The lowest BCUT2D eigenvalue weighted by Crippen LogP contribution is -2.44. The van der Waals surface area contributed by atoms with E-state index in [2.05, 4.69) is 11.6 Å². The van der Waals surface area contributed by atoms with Gasteiger partial charge in [0.1, 0.15) is 5.82 Å². The lowest BCUT2D eigenvalue weighted by Gasteiger charge is -2.35. The third-order valence-corrected chi connectivity index (χ3v) is 4.93. The Labute approximate surface area is 153 Å². The molecule has 136 valence electrons. The van der Waals surface area contributed by atoms with Crippen molar-refractivity contribution >= 4 is 11.7 Å². The van der Waals surface area contributed by atoms with Crippen LogP contribution in [0.2, 0.25) is 0 Å². The molecule has 5 heteroatoms. The number of benzene rings is 1. The first-order valence-electron chi connectivity index (χ1n) is 9.00. The molecule has 0 bridgehead atoms. The maximum atomic E-state index is 13.4. The van der Waals surface area contributed by atoms with Crippen molar-refractivity contribution in [3.05, 3.63) is 60.8 Å². The molecule has 1 saturated carbocycles. The van der Waals surface area contributed by atoms with Crippen LogP contribution < -0.4 is 4.90 Å². The summed E-state index contributed by atoms with van der Waals surface area (Å²) in [6, 6.07) is 10.1. The Bertz CT molecular complexity index is 770. The van der Waals surface area contributed by atoms with Crippen LogP contribution in [-0.2, 0) is 4.79 Å². The number of phenolic OH excluding ortho intramolecular Hbond substituents is 2. The Balaban J connectivity index is 1.96. The van der Waals surface area contributed by atoms with Gasteiger partial charge in [-0.1, -0.05) is 37.5 Å². The molecule has 5 nitrogen and oxygen atoms in total. The third-order valence-electron chi connectivity index (χ3n) is 4.93. The smallest absolute Gasteiger partial charge is 0.239 e. The molecule has 1 aromatic heterocycles. The quantitative estimate of drug-likeness (QED) is 0.627. The highest BCUT2D eigenvalue weighted by atomic mass is 16.3. The molecule has 1 atom stereocenters. The Morgan fingerprint density at radius 3 is 2.54 bits per heavy atom. The molecule has 2 aromatic rings. The van der Waals surface area contributed by atoms with Crippen molar-refractivity contribution in [2.75, 3.05) is 4.90 Å². The van der Waals surface area contributed by atoms with E-state index >= 15 is 0 Å². The minimum atomic E-state index is -0.620. The van der Waals surface area contributed by atoms with Gasteiger partial charge in [0.25, 0.3) is 0 Å². The van der Waals surface area contributed by atoms with Crippen LogP contribution in [0.3, 0.4) is 0 Å². The molecule has 1 aliphatic rings. The molecule has 0 saturated heterocycles. The van der Waals surface area contributed by atoms with Crippen molar-refractivity contribution in [2.45, 2.75) is 44.1 Å². The highest BCUT2D eigenvalue weighted by molar-refractivity contribution is 5.99. The Kier molecular flexibility index (Phi) is 5.56. The summed E-state index contributed by atoms with van der Waals surface area (Å²) in [4.78, 5) is 19.6. The Morgan fingerprint density at radius 2 is 1.92 bits per heavy atom. The largest absolute Gasteiger partial charge is 0.504 e. The first-order chi connectivity index (χ1) is 12.6. The van der Waals surface area contributed by atoms with Crippen LogP contribution in [0.15, 0.2) is 55.3 Å². The number of aromatic hydroxyl groups is 2. The second-order valence-electron chi connectivity index (χ2n) is 6.65. The van der Waals surface area contributed by atoms with E-state index in [4.69, 9.17) is 0 Å². The summed E-state index contributed by atoms with van der Waals surface area (Å²) in [5.74, 6) is -0.553. The van der Waals surface area contributed by atoms with Crippen molar-refractivity contribution in [3.63, 3.8) is 0 Å². The van der Waals surface area contributed by atoms with Gasteiger partial charge in [-0.3, -0.25) is 9.69 Å². The SMILES string of the molecule is C=CC(C(=O)N(c1ccccn1)C1CCCCC1)c1ccc(O)c(O)c1. The first-order valence-corrected chi connectivity index (χ1v) is 9.00. The van der Waals surface area contributed by atoms with Gasteiger partial charge in [0, 0.05) is 12.2 Å². The number of hydrogen-bond donors (Lipinski definition) is 2. The molecule has 1 unspecified atom stereocenters. The molecule has 1 amide bonds. The van der Waals surface area contributed by atoms with Gasteiger partial charge in [0.2, 0.25) is 5.91 Å². The highest BCUT2D eigenvalue weighted by Crippen LogP contribution is 2.33. The van der Waals surface area contributed by atoms with E-state index in [0.717, 1.165) is 25.7 Å². The van der Waals surface area contributed by atoms with Crippen LogP contribution in [0.1, 0.15) is 43.6 Å². The van der Waals surface area contributed by atoms with Crippen molar-refractivity contribution in [3.8, 4) is 11.5 Å². The van der Waals surface area contributed by atoms with Crippen LogP contribution in [0.4, 0.5) is 5.82 Å². The fraction of sp³-hybridized carbons (Fsp3) is 0.333. The highest BCUT2D eigenvalue weighted by Gasteiger charge is 2.32. The second kappa shape index (κ2) is 8.04. The third kappa shape index (κ3) is 3.72. The fourth-order valence-electron chi connectivity index (χ4n) is 3.58. The minimum Gasteiger partial charge on any atom is -0.504 e. The standard InChI is InChI=1S/C21H24N2O3/c1-2-17(15-11-12-18(24)19(25)14-15)21(26)23(16-8-4-3-5-9-16)20-10-6-7-13-22-20/h2,6-7,10-14,16-17,24-25H,1,3-5,8-9H2. The van der Waals surface area contributed by atoms with Crippen molar-refractivity contribution < 1.29 is 15.0 Å². The summed E-state index contributed by atoms with van der Waals surface area (Å²) in [7, 11) is 0. The van der Waals surface area contributed by atoms with Gasteiger partial charge in [-0.2, -0.15) is 0 Å². The zero-order chi connectivity index (χ0) is 18.5. The summed E-state index contributed by atoms with van der Waals surface area (Å²) < 4.78 is 0. The molecule has 0 aliphatic heterocycles. The molecule has 3 rings (SSSR count). The van der Waals surface area contributed by atoms with Crippen LogP contribution >= 0.6 is 0 Å². The van der Waals surface area contributed by atoms with Crippen LogP contribution in [0, 0.1) is 0 Å². The van der Waals surface area contributed by atoms with E-state index < -0.39 is 5.92 Å². The molecule has 1 aromatic carbocycles. The normalized spacial score (nSPS) is 16.0. The molecule has 2 N–H and O–H groups in total. The lowest BCUT2D eigenvalue weighted by molar-refractivity contribution is -0.119. The predicted molar refractivity (Wildman–Crippen MR) is 101 cm³/mol. The molecule has 1 fully saturated rings. The number of carbonyl (C=O) groups excluding carboxylic acids is 1. The van der Waals surface area contributed by atoms with Gasteiger partial charge in [-0.15, -0.1) is 6.58 Å². The molecule has 0 spiro atoms. The zero-order valence-electron chi connectivity index (χ0n) is 14.7. The Morgan fingerprint density at radius 1 is 1.15 bits per heavy atom. The van der Waals surface area contributed by atoms with Crippen molar-refractivity contribution in [1.82, 2.24) is 4.98 Å². The second-order valence-corrected chi connectivity index (χ2v) is 6.65. The van der Waals surface area contributed by atoms with Gasteiger partial charge in [-0.25, -0.2) is 4.98 Å². The number of pyridine rings is 1. The lowest BCUT2D eigenvalue weighted by atomic mass is 9.91. The summed E-state index contributed by atoms with van der Waals surface area (Å²) in [6.07, 6.45) is 8.55. The maximum Gasteiger partial charge on any atom is 0.239 e. The number of amides is 1. The summed E-state index contributed by atoms with van der Waals surface area (Å²) >= 11 is 0. The zero-order valence-corrected chi connectivity index (χ0v) is 14.7. The van der Waals surface area contributed by atoms with Crippen molar-refractivity contribution in [1.29, 1.82) is 0 Å². The van der Waals surface area contributed by atoms with Gasteiger partial charge >= 0.3 is 0 Å². The monoisotopic (exact) mass is 352 g/mol. The number of phenols is 2. The summed E-state index contributed by atoms with van der Waals surface area (Å²) in [6.45, 7) is 3.82. The number of rotatable bonds is 5. The van der Waals surface area contributed by atoms with Crippen LogP contribution in [-0.4, -0.2) is 27.1 Å². The summed E-state index contributed by atoms with van der Waals surface area (Å²) in [5.41, 5.74) is 0.594. The number of nitrogens with zero attached hydrogens (tertiary/aromatic N) is 2. The van der Waals surface area contributed by atoms with Gasteiger partial charge < -0.3 is 10.2 Å². The fourth-order valence-corrected chi connectivity index (χ4v) is 3.58. The van der Waals surface area contributed by atoms with E-state index in [-0.39, 0.29) is 23.4 Å². The average molecular weight is 352 g/mol. The molecule has 26 heavy (non-hydrogen) atoms. The summed E-state index contributed by atoms with van der Waals surface area (Å²) in [5, 5.41) is 19.4. The topological polar surface area (TPSA) is 73.7 Å². The van der Waals surface area contributed by atoms with E-state index in [1.54, 1.807) is 23.2 Å². The van der Waals surface area contributed by atoms with E-state index in [0.29, 0.717) is 11.4 Å². The Hall–Kier alpha value is -2.82. The molecule has 1 aliphatic carbocycles. The van der Waals surface area contributed by atoms with E-state index in [9.17, 15) is 15.0 Å². The molecule has 1 heterocycles. The minimum absolute atomic E-state index is 0.110. The number of aromatic nitrogens is 1. The van der Waals surface area contributed by atoms with Gasteiger partial charge in [0.15, 0.2) is 11.5 Å². The molecular weight excluding hydrogens is 328 g/mol. The number of hydrogen-bond acceptors (Lipinski definition) is 4. The van der Waals surface area contributed by atoms with Crippen LogP contribution in [0.25, 0.3) is 0 Å². The predicted octanol–water partition coefficient (Wildman–Crippen LogP) is 4.13. The molecule has 0 radical (unpaired) electrons. The first kappa shape index (κ1) is 18.0. The van der Waals surface area contributed by atoms with E-state index in [1.165, 1.54) is 18.6 Å². The van der Waals surface area contributed by atoms with Crippen molar-refractivity contribution in [2.24, 2.45) is 0 Å². The maximum absolute atomic E-state index is 13.4. The number of anilines is 1. The van der Waals surface area contributed by atoms with E-state index in [1.807, 2.05) is 18.2 Å². The van der Waals surface area contributed by atoms with Gasteiger partial charge in [-0.05, 0) is 42.7 Å². The molecular formula is C21H24N2O3. The average Bonchev–Trinajstić information content (AvgIpc) is 2.67. The van der Waals surface area contributed by atoms with Crippen LogP contribution in [0.5, 0.6) is 11.5 Å². The van der Waals surface area contributed by atoms with Gasteiger partial charge in [0.05, 0.1) is 5.92 Å².